The smallest absolute Gasteiger partial charge is 0.191 e. The Kier molecular flexibility index (Phi) is 6.25. The molecule has 0 radical (unpaired) electrons. The normalized spacial score (nSPS) is 10.1. The van der Waals surface area contributed by atoms with Crippen LogP contribution in [0.3, 0.4) is 0 Å². The summed E-state index contributed by atoms with van der Waals surface area (Å²) in [6.45, 7) is 0.457. The summed E-state index contributed by atoms with van der Waals surface area (Å²) < 4.78 is 3.52. The highest BCUT2D eigenvalue weighted by molar-refractivity contribution is 6.40. The molecule has 1 aromatic carbocycles. The Morgan fingerprint density at radius 3 is 2.29 bits per heavy atom. The average molecular weight is 445 g/mol. The van der Waals surface area contributed by atoms with Gasteiger partial charge in [-0.15, -0.1) is 0 Å². The third kappa shape index (κ3) is 3.73. The first-order chi connectivity index (χ1) is 11.1. The van der Waals surface area contributed by atoms with Crippen LogP contribution in [0.1, 0.15) is 11.3 Å². The van der Waals surface area contributed by atoms with Crippen molar-refractivity contribution in [3.05, 3.63) is 75.2 Å². The number of hydrogen-bond donors (Lipinski definition) is 0. The fourth-order valence-electron chi connectivity index (χ4n) is 2.26. The number of pyridine rings is 1. The molecule has 0 saturated carbocycles. The number of hydrogen-bond acceptors (Lipinski definition) is 2. The molecular formula is C16H10BrCl3N4. The summed E-state index contributed by atoms with van der Waals surface area (Å²) in [5, 5.41) is 14.8. The van der Waals surface area contributed by atoms with Gasteiger partial charge in [0.15, 0.2) is 18.9 Å². The van der Waals surface area contributed by atoms with E-state index in [9.17, 15) is 5.26 Å². The molecule has 0 aliphatic rings. The van der Waals surface area contributed by atoms with E-state index in [0.29, 0.717) is 38.6 Å². The highest BCUT2D eigenvalue weighted by Crippen LogP contribution is 2.33. The molecule has 122 valence electrons. The van der Waals surface area contributed by atoms with Gasteiger partial charge in [-0.05, 0) is 12.1 Å². The van der Waals surface area contributed by atoms with Gasteiger partial charge in [0.25, 0.3) is 0 Å². The lowest BCUT2D eigenvalue weighted by molar-refractivity contribution is -0.689. The van der Waals surface area contributed by atoms with Gasteiger partial charge in [-0.3, -0.25) is 0 Å². The van der Waals surface area contributed by atoms with Crippen molar-refractivity contribution in [3.63, 3.8) is 0 Å². The first kappa shape index (κ1) is 18.8. The molecule has 3 rings (SSSR count). The lowest BCUT2D eigenvalue weighted by Gasteiger charge is -2.10. The van der Waals surface area contributed by atoms with Gasteiger partial charge >= 0.3 is 0 Å². The van der Waals surface area contributed by atoms with Gasteiger partial charge in [0.05, 0.1) is 16.2 Å². The minimum atomic E-state index is 0. The topological polar surface area (TPSA) is 45.5 Å². The number of rotatable bonds is 3. The minimum absolute atomic E-state index is 0. The van der Waals surface area contributed by atoms with Crippen LogP contribution >= 0.6 is 34.8 Å². The predicted octanol–water partition coefficient (Wildman–Crippen LogP) is 1.04. The van der Waals surface area contributed by atoms with E-state index in [0.717, 1.165) is 0 Å². The summed E-state index contributed by atoms with van der Waals surface area (Å²) in [7, 11) is 0. The molecule has 0 amide bonds. The van der Waals surface area contributed by atoms with E-state index in [1.807, 2.05) is 35.2 Å². The molecule has 0 bridgehead atoms. The average Bonchev–Trinajstić information content (AvgIpc) is 2.90. The zero-order valence-electron chi connectivity index (χ0n) is 12.1. The van der Waals surface area contributed by atoms with E-state index in [1.165, 1.54) is 6.20 Å². The Balaban J connectivity index is 0.00000208. The Labute approximate surface area is 164 Å². The number of benzene rings is 1. The maximum atomic E-state index is 9.34. The van der Waals surface area contributed by atoms with E-state index in [4.69, 9.17) is 34.8 Å². The van der Waals surface area contributed by atoms with Crippen LogP contribution in [-0.4, -0.2) is 9.78 Å². The standard InChI is InChI=1S/C16H10Cl3N4.BrH/c17-12-6-13(18)16(14(19)7-12)23-15(11(8-20)9-21-23)10-22-4-2-1-3-5-22;/h1-7,9H,10H2;1H/q+1;/p-1. The Morgan fingerprint density at radius 2 is 1.71 bits per heavy atom. The molecule has 0 saturated heterocycles. The van der Waals surface area contributed by atoms with Crippen LogP contribution in [0.15, 0.2) is 48.9 Å². The van der Waals surface area contributed by atoms with Crippen LogP contribution in [0.25, 0.3) is 5.69 Å². The summed E-state index contributed by atoms with van der Waals surface area (Å²) in [4.78, 5) is 0. The van der Waals surface area contributed by atoms with Gasteiger partial charge < -0.3 is 17.0 Å². The van der Waals surface area contributed by atoms with Crippen molar-refractivity contribution in [3.8, 4) is 11.8 Å². The summed E-state index contributed by atoms with van der Waals surface area (Å²) in [5.41, 5.74) is 1.66. The Bertz CT molecular complexity index is 880. The molecule has 0 atom stereocenters. The van der Waals surface area contributed by atoms with Gasteiger partial charge in [-0.25, -0.2) is 4.68 Å². The number of nitriles is 1. The highest BCUT2D eigenvalue weighted by Gasteiger charge is 2.20. The second-order valence-electron chi connectivity index (χ2n) is 4.79. The molecule has 4 nitrogen and oxygen atoms in total. The zero-order chi connectivity index (χ0) is 16.4. The molecule has 0 N–H and O–H groups in total. The maximum Gasteiger partial charge on any atom is 0.191 e. The van der Waals surface area contributed by atoms with Gasteiger partial charge in [0, 0.05) is 17.2 Å². The van der Waals surface area contributed by atoms with Crippen molar-refractivity contribution in [1.82, 2.24) is 9.78 Å². The molecule has 2 aromatic heterocycles. The molecule has 0 unspecified atom stereocenters. The third-order valence-corrected chi connectivity index (χ3v) is 4.09. The van der Waals surface area contributed by atoms with Gasteiger partial charge in [-0.1, -0.05) is 40.9 Å². The Morgan fingerprint density at radius 1 is 1.08 bits per heavy atom. The Hall–Kier alpha value is -1.58. The molecule has 8 heteroatoms. The summed E-state index contributed by atoms with van der Waals surface area (Å²) in [5.74, 6) is 0. The molecule has 0 spiro atoms. The lowest BCUT2D eigenvalue weighted by atomic mass is 10.2. The molecule has 24 heavy (non-hydrogen) atoms. The SMILES string of the molecule is N#Cc1cnn(-c2c(Cl)cc(Cl)cc2Cl)c1C[n+]1ccccc1.[Br-]. The molecule has 3 aromatic rings. The van der Waals surface area contributed by atoms with Gasteiger partial charge in [-0.2, -0.15) is 14.9 Å². The van der Waals surface area contributed by atoms with Gasteiger partial charge in [0.2, 0.25) is 0 Å². The predicted molar refractivity (Wildman–Crippen MR) is 89.0 cm³/mol. The first-order valence-electron chi connectivity index (χ1n) is 6.66. The second-order valence-corrected chi connectivity index (χ2v) is 6.05. The van der Waals surface area contributed by atoms with E-state index in [1.54, 1.807) is 16.8 Å². The van der Waals surface area contributed by atoms with Crippen molar-refractivity contribution in [2.45, 2.75) is 6.54 Å². The van der Waals surface area contributed by atoms with Crippen molar-refractivity contribution < 1.29 is 21.5 Å². The van der Waals surface area contributed by atoms with Crippen LogP contribution in [0.2, 0.25) is 15.1 Å². The van der Waals surface area contributed by atoms with Gasteiger partial charge in [0.1, 0.15) is 23.0 Å². The van der Waals surface area contributed by atoms with E-state index < -0.39 is 0 Å². The molecule has 0 fully saturated rings. The highest BCUT2D eigenvalue weighted by atomic mass is 79.9. The second kappa shape index (κ2) is 8.00. The van der Waals surface area contributed by atoms with Crippen molar-refractivity contribution in [2.24, 2.45) is 0 Å². The van der Waals surface area contributed by atoms with Crippen LogP contribution in [0.4, 0.5) is 0 Å². The number of halogens is 4. The van der Waals surface area contributed by atoms with Crippen LogP contribution < -0.4 is 21.5 Å². The largest absolute Gasteiger partial charge is 1.00 e. The van der Waals surface area contributed by atoms with Crippen LogP contribution in [0, 0.1) is 11.3 Å². The molecule has 0 aliphatic heterocycles. The van der Waals surface area contributed by atoms with E-state index in [-0.39, 0.29) is 17.0 Å². The fraction of sp³-hybridized carbons (Fsp3) is 0.0625. The molecule has 2 heterocycles. The van der Waals surface area contributed by atoms with Crippen molar-refractivity contribution >= 4 is 34.8 Å². The molecular weight excluding hydrogens is 434 g/mol. The van der Waals surface area contributed by atoms with Crippen LogP contribution in [0.5, 0.6) is 0 Å². The third-order valence-electron chi connectivity index (χ3n) is 3.29. The molecule has 0 aliphatic carbocycles. The van der Waals surface area contributed by atoms with Crippen LogP contribution in [-0.2, 0) is 6.54 Å². The first-order valence-corrected chi connectivity index (χ1v) is 7.79. The monoisotopic (exact) mass is 442 g/mol. The summed E-state index contributed by atoms with van der Waals surface area (Å²) >= 11 is 18.5. The number of aromatic nitrogens is 3. The lowest BCUT2D eigenvalue weighted by Crippen LogP contribution is -3.00. The fourth-order valence-corrected chi connectivity index (χ4v) is 3.24. The van der Waals surface area contributed by atoms with E-state index >= 15 is 0 Å². The van der Waals surface area contributed by atoms with E-state index in [2.05, 4.69) is 11.2 Å². The number of nitrogens with zero attached hydrogens (tertiary/aromatic N) is 4. The maximum absolute atomic E-state index is 9.34. The minimum Gasteiger partial charge on any atom is -1.00 e. The summed E-state index contributed by atoms with van der Waals surface area (Å²) in [6.07, 6.45) is 5.31. The summed E-state index contributed by atoms with van der Waals surface area (Å²) in [6, 6.07) is 11.1. The zero-order valence-corrected chi connectivity index (χ0v) is 16.0. The quantitative estimate of drug-likeness (QED) is 0.567. The van der Waals surface area contributed by atoms with Crippen molar-refractivity contribution in [2.75, 3.05) is 0 Å². The van der Waals surface area contributed by atoms with Crippen molar-refractivity contribution in [1.29, 1.82) is 5.26 Å².